The van der Waals surface area contributed by atoms with Gasteiger partial charge < -0.3 is 9.84 Å². The van der Waals surface area contributed by atoms with Crippen LogP contribution in [0.4, 0.5) is 0 Å². The quantitative estimate of drug-likeness (QED) is 0.565. The van der Waals surface area contributed by atoms with Gasteiger partial charge in [0.25, 0.3) is 0 Å². The van der Waals surface area contributed by atoms with Gasteiger partial charge in [0.2, 0.25) is 0 Å². The molecule has 1 rings (SSSR count). The average molecular weight is 155 g/mol. The Morgan fingerprint density at radius 2 is 2.64 bits per heavy atom. The minimum atomic E-state index is -0.451. The van der Waals surface area contributed by atoms with Crippen LogP contribution >= 0.6 is 0 Å². The first-order chi connectivity index (χ1) is 5.27. The van der Waals surface area contributed by atoms with Gasteiger partial charge in [-0.3, -0.25) is 0 Å². The lowest BCUT2D eigenvalue weighted by Crippen LogP contribution is -2.02. The Hall–Kier alpha value is -1.16. The Labute approximate surface area is 64.2 Å². The molecule has 1 aliphatic rings. The number of hydrogen-bond acceptors (Lipinski definition) is 4. The van der Waals surface area contributed by atoms with E-state index in [0.717, 1.165) is 0 Å². The number of carbonyl (C=O) groups excluding carboxylic acids is 1. The van der Waals surface area contributed by atoms with Crippen LogP contribution in [0.3, 0.4) is 0 Å². The molecule has 0 saturated heterocycles. The van der Waals surface area contributed by atoms with E-state index in [1.165, 1.54) is 7.11 Å². The van der Waals surface area contributed by atoms with Crippen molar-refractivity contribution in [3.05, 3.63) is 11.8 Å². The normalized spacial score (nSPS) is 15.8. The van der Waals surface area contributed by atoms with Crippen LogP contribution < -0.4 is 0 Å². The van der Waals surface area contributed by atoms with Gasteiger partial charge in [-0.25, -0.2) is 9.79 Å². The van der Waals surface area contributed by atoms with Gasteiger partial charge >= 0.3 is 5.97 Å². The molecule has 0 amide bonds. The number of nitrogens with zero attached hydrogens (tertiary/aromatic N) is 1. The molecule has 0 fully saturated rings. The van der Waals surface area contributed by atoms with Gasteiger partial charge in [0.15, 0.2) is 0 Å². The van der Waals surface area contributed by atoms with Gasteiger partial charge in [0.1, 0.15) is 5.70 Å². The lowest BCUT2D eigenvalue weighted by molar-refractivity contribution is -0.136. The predicted molar refractivity (Wildman–Crippen MR) is 39.2 cm³/mol. The number of hydrogen-bond donors (Lipinski definition) is 1. The van der Waals surface area contributed by atoms with E-state index in [0.29, 0.717) is 12.1 Å². The summed E-state index contributed by atoms with van der Waals surface area (Å²) in [7, 11) is 1.30. The third-order valence-corrected chi connectivity index (χ3v) is 1.39. The monoisotopic (exact) mass is 155 g/mol. The van der Waals surface area contributed by atoms with Crippen molar-refractivity contribution in [2.45, 2.75) is 6.42 Å². The number of aliphatic hydroxyl groups is 1. The Morgan fingerprint density at radius 3 is 3.09 bits per heavy atom. The number of esters is 1. The maximum Gasteiger partial charge on any atom is 0.356 e. The maximum atomic E-state index is 10.8. The van der Waals surface area contributed by atoms with Crippen molar-refractivity contribution in [1.82, 2.24) is 0 Å². The van der Waals surface area contributed by atoms with E-state index >= 15 is 0 Å². The summed E-state index contributed by atoms with van der Waals surface area (Å²) in [5.41, 5.74) is 0.891. The number of aliphatic imine (C=N–C) groups is 1. The first-order valence-electron chi connectivity index (χ1n) is 3.23. The summed E-state index contributed by atoms with van der Waals surface area (Å²) in [6, 6.07) is 0. The highest BCUT2D eigenvalue weighted by Gasteiger charge is 2.14. The largest absolute Gasteiger partial charge is 0.464 e. The Balaban J connectivity index is 2.63. The molecule has 0 aromatic rings. The smallest absolute Gasteiger partial charge is 0.356 e. The number of rotatable bonds is 2. The summed E-state index contributed by atoms with van der Waals surface area (Å²) in [4.78, 5) is 14.6. The van der Waals surface area contributed by atoms with Gasteiger partial charge in [0.05, 0.1) is 13.7 Å². The second kappa shape index (κ2) is 3.30. The molecule has 0 aromatic carbocycles. The fourth-order valence-electron chi connectivity index (χ4n) is 0.810. The summed E-state index contributed by atoms with van der Waals surface area (Å²) in [6.07, 6.45) is 2.18. The molecule has 0 spiro atoms. The standard InChI is InChI=1S/C7H9NO3/c1-11-7(10)6-3-2-5(4-9)8-6/h3,9H,2,4H2,1H3. The average Bonchev–Trinajstić information content (AvgIpc) is 2.50. The number of methoxy groups -OCH3 is 1. The Bertz CT molecular complexity index is 230. The Kier molecular flexibility index (Phi) is 2.38. The molecule has 4 heteroatoms. The maximum absolute atomic E-state index is 10.8. The van der Waals surface area contributed by atoms with E-state index in [2.05, 4.69) is 9.73 Å². The Morgan fingerprint density at radius 1 is 1.91 bits per heavy atom. The van der Waals surface area contributed by atoms with Gasteiger partial charge in [0, 0.05) is 12.1 Å². The zero-order valence-electron chi connectivity index (χ0n) is 6.20. The molecule has 1 aliphatic heterocycles. The molecular formula is C7H9NO3. The molecule has 0 atom stereocenters. The fraction of sp³-hybridized carbons (Fsp3) is 0.429. The van der Waals surface area contributed by atoms with Crippen molar-refractivity contribution < 1.29 is 14.6 Å². The van der Waals surface area contributed by atoms with Gasteiger partial charge in [-0.2, -0.15) is 0 Å². The molecule has 0 radical (unpaired) electrons. The van der Waals surface area contributed by atoms with Crippen molar-refractivity contribution in [2.75, 3.05) is 13.7 Å². The van der Waals surface area contributed by atoms with Crippen LogP contribution in [-0.4, -0.2) is 30.5 Å². The van der Waals surface area contributed by atoms with E-state index < -0.39 is 5.97 Å². The third-order valence-electron chi connectivity index (χ3n) is 1.39. The summed E-state index contributed by atoms with van der Waals surface area (Å²) >= 11 is 0. The van der Waals surface area contributed by atoms with Crippen LogP contribution in [0, 0.1) is 0 Å². The second-order valence-corrected chi connectivity index (χ2v) is 2.12. The minimum Gasteiger partial charge on any atom is -0.464 e. The topological polar surface area (TPSA) is 58.9 Å². The van der Waals surface area contributed by atoms with Crippen LogP contribution in [-0.2, 0) is 9.53 Å². The summed E-state index contributed by atoms with van der Waals surface area (Å²) in [5.74, 6) is -0.451. The molecule has 0 unspecified atom stereocenters. The lowest BCUT2D eigenvalue weighted by Gasteiger charge is -1.93. The first kappa shape index (κ1) is 7.94. The van der Waals surface area contributed by atoms with Crippen molar-refractivity contribution in [3.63, 3.8) is 0 Å². The van der Waals surface area contributed by atoms with Crippen LogP contribution in [0.1, 0.15) is 6.42 Å². The molecule has 11 heavy (non-hydrogen) atoms. The zero-order chi connectivity index (χ0) is 8.27. The predicted octanol–water partition coefficient (Wildman–Crippen LogP) is -0.120. The van der Waals surface area contributed by atoms with Crippen molar-refractivity contribution >= 4 is 11.7 Å². The van der Waals surface area contributed by atoms with Crippen molar-refractivity contribution in [2.24, 2.45) is 4.99 Å². The molecule has 60 valence electrons. The number of ether oxygens (including phenoxy) is 1. The molecule has 1 heterocycles. The SMILES string of the molecule is COC(=O)C1=CCC(CO)=N1. The van der Waals surface area contributed by atoms with Gasteiger partial charge in [-0.05, 0) is 6.08 Å². The van der Waals surface area contributed by atoms with E-state index in [4.69, 9.17) is 5.11 Å². The van der Waals surface area contributed by atoms with E-state index in [1.807, 2.05) is 0 Å². The third kappa shape index (κ3) is 1.65. The highest BCUT2D eigenvalue weighted by Crippen LogP contribution is 2.10. The highest BCUT2D eigenvalue weighted by molar-refractivity contribution is 5.99. The van der Waals surface area contributed by atoms with Crippen LogP contribution in [0.15, 0.2) is 16.8 Å². The van der Waals surface area contributed by atoms with Crippen molar-refractivity contribution in [3.8, 4) is 0 Å². The van der Waals surface area contributed by atoms with Gasteiger partial charge in [-0.1, -0.05) is 0 Å². The molecular weight excluding hydrogens is 146 g/mol. The second-order valence-electron chi connectivity index (χ2n) is 2.12. The zero-order valence-corrected chi connectivity index (χ0v) is 6.20. The van der Waals surface area contributed by atoms with Crippen LogP contribution in [0.5, 0.6) is 0 Å². The summed E-state index contributed by atoms with van der Waals surface area (Å²) in [6.45, 7) is -0.100. The summed E-state index contributed by atoms with van der Waals surface area (Å²) in [5, 5.41) is 8.62. The van der Waals surface area contributed by atoms with Crippen molar-refractivity contribution in [1.29, 1.82) is 0 Å². The number of allylic oxidation sites excluding steroid dienone is 1. The lowest BCUT2D eigenvalue weighted by atomic mass is 10.3. The fourth-order valence-corrected chi connectivity index (χ4v) is 0.810. The summed E-state index contributed by atoms with van der Waals surface area (Å²) < 4.78 is 4.43. The number of carbonyl (C=O) groups is 1. The molecule has 0 saturated carbocycles. The van der Waals surface area contributed by atoms with Gasteiger partial charge in [-0.15, -0.1) is 0 Å². The minimum absolute atomic E-state index is 0.100. The molecule has 0 aliphatic carbocycles. The molecule has 0 aromatic heterocycles. The molecule has 1 N–H and O–H groups in total. The number of aliphatic hydroxyl groups excluding tert-OH is 1. The molecule has 0 bridgehead atoms. The van der Waals surface area contributed by atoms with E-state index in [1.54, 1.807) is 6.08 Å². The van der Waals surface area contributed by atoms with Crippen LogP contribution in [0.2, 0.25) is 0 Å². The van der Waals surface area contributed by atoms with Crippen LogP contribution in [0.25, 0.3) is 0 Å². The highest BCUT2D eigenvalue weighted by atomic mass is 16.5. The van der Waals surface area contributed by atoms with E-state index in [-0.39, 0.29) is 12.3 Å². The first-order valence-corrected chi connectivity index (χ1v) is 3.23. The van der Waals surface area contributed by atoms with E-state index in [9.17, 15) is 4.79 Å². The molecule has 4 nitrogen and oxygen atoms in total.